The first kappa shape index (κ1) is 15.3. The van der Waals surface area contributed by atoms with E-state index in [2.05, 4.69) is 5.10 Å². The van der Waals surface area contributed by atoms with Crippen LogP contribution in [0.5, 0.6) is 0 Å². The Morgan fingerprint density at radius 2 is 1.88 bits per heavy atom. The number of carbonyl (C=O) groups is 1. The largest absolute Gasteiger partial charge is 0.350 e. The minimum atomic E-state index is -0.627. The smallest absolute Gasteiger partial charge is 0.339 e. The first-order valence-corrected chi connectivity index (χ1v) is 7.98. The third-order valence-electron chi connectivity index (χ3n) is 4.73. The van der Waals surface area contributed by atoms with Gasteiger partial charge in [-0.2, -0.15) is 9.78 Å². The molecule has 4 nitrogen and oxygen atoms in total. The van der Waals surface area contributed by atoms with E-state index in [1.165, 1.54) is 16.8 Å². The zero-order valence-electron chi connectivity index (χ0n) is 13.4. The second-order valence-electron chi connectivity index (χ2n) is 6.15. The summed E-state index contributed by atoms with van der Waals surface area (Å²) in [5.41, 5.74) is 8.26. The van der Waals surface area contributed by atoms with Crippen LogP contribution in [0.4, 0.5) is 9.18 Å². The van der Waals surface area contributed by atoms with Crippen LogP contribution in [-0.4, -0.2) is 15.8 Å². The predicted octanol–water partition coefficient (Wildman–Crippen LogP) is 3.50. The molecule has 1 aliphatic rings. The van der Waals surface area contributed by atoms with Gasteiger partial charge in [0.2, 0.25) is 0 Å². The third kappa shape index (κ3) is 2.45. The molecule has 2 aromatic carbocycles. The van der Waals surface area contributed by atoms with Crippen molar-refractivity contribution in [1.29, 1.82) is 0 Å². The molecule has 0 saturated carbocycles. The predicted molar refractivity (Wildman–Crippen MR) is 93.6 cm³/mol. The first-order valence-electron chi connectivity index (χ1n) is 7.98. The standard InChI is InChI=1S/C20H16FN3O/c21-17-8-4-7-16(11-17)20(15-5-2-1-3-6-15)10-9-14-13-23-24(19(22)25)18(14)12-20/h1-11,13H,12H2,(H2,22,25). The topological polar surface area (TPSA) is 60.9 Å². The quantitative estimate of drug-likeness (QED) is 0.780. The van der Waals surface area contributed by atoms with Crippen LogP contribution in [0.2, 0.25) is 0 Å². The summed E-state index contributed by atoms with van der Waals surface area (Å²) in [5, 5.41) is 4.08. The summed E-state index contributed by atoms with van der Waals surface area (Å²) in [5.74, 6) is -0.296. The van der Waals surface area contributed by atoms with Gasteiger partial charge in [0, 0.05) is 17.4 Å². The van der Waals surface area contributed by atoms with Gasteiger partial charge in [0.05, 0.1) is 11.9 Å². The molecule has 25 heavy (non-hydrogen) atoms. The third-order valence-corrected chi connectivity index (χ3v) is 4.73. The number of primary amides is 1. The number of nitrogens with two attached hydrogens (primary N) is 1. The zero-order valence-corrected chi connectivity index (χ0v) is 13.4. The van der Waals surface area contributed by atoms with Gasteiger partial charge in [0.1, 0.15) is 5.82 Å². The highest BCUT2D eigenvalue weighted by Gasteiger charge is 2.37. The van der Waals surface area contributed by atoms with E-state index in [1.54, 1.807) is 12.3 Å². The van der Waals surface area contributed by atoms with Gasteiger partial charge in [-0.3, -0.25) is 0 Å². The second kappa shape index (κ2) is 5.70. The molecule has 0 radical (unpaired) electrons. The number of amides is 1. The summed E-state index contributed by atoms with van der Waals surface area (Å²) in [6, 6.07) is 15.8. The highest BCUT2D eigenvalue weighted by atomic mass is 19.1. The summed E-state index contributed by atoms with van der Waals surface area (Å²) in [4.78, 5) is 11.7. The van der Waals surface area contributed by atoms with Crippen LogP contribution < -0.4 is 5.73 Å². The van der Waals surface area contributed by atoms with Crippen molar-refractivity contribution in [3.8, 4) is 0 Å². The minimum absolute atomic E-state index is 0.296. The van der Waals surface area contributed by atoms with Gasteiger partial charge in [0.15, 0.2) is 0 Å². The molecule has 4 rings (SSSR count). The number of carbonyl (C=O) groups excluding carboxylic acids is 1. The fraction of sp³-hybridized carbons (Fsp3) is 0.100. The molecule has 1 heterocycles. The Morgan fingerprint density at radius 1 is 1.12 bits per heavy atom. The van der Waals surface area contributed by atoms with Gasteiger partial charge >= 0.3 is 6.03 Å². The van der Waals surface area contributed by atoms with Gasteiger partial charge in [0.25, 0.3) is 0 Å². The lowest BCUT2D eigenvalue weighted by molar-refractivity contribution is 0.246. The van der Waals surface area contributed by atoms with Crippen molar-refractivity contribution < 1.29 is 9.18 Å². The maximum Gasteiger partial charge on any atom is 0.339 e. The highest BCUT2D eigenvalue weighted by Crippen LogP contribution is 2.41. The Hall–Kier alpha value is -3.21. The van der Waals surface area contributed by atoms with Crippen LogP contribution >= 0.6 is 0 Å². The molecule has 1 amide bonds. The monoisotopic (exact) mass is 333 g/mol. The molecule has 0 spiro atoms. The molecule has 3 aromatic rings. The van der Waals surface area contributed by atoms with Crippen molar-refractivity contribution in [3.05, 3.63) is 95.1 Å². The van der Waals surface area contributed by atoms with Crippen molar-refractivity contribution in [1.82, 2.24) is 9.78 Å². The molecule has 5 heteroatoms. The number of fused-ring (bicyclic) bond motifs is 1. The van der Waals surface area contributed by atoms with E-state index in [4.69, 9.17) is 5.73 Å². The fourth-order valence-corrected chi connectivity index (χ4v) is 3.51. The van der Waals surface area contributed by atoms with Crippen LogP contribution in [0.25, 0.3) is 6.08 Å². The van der Waals surface area contributed by atoms with Crippen LogP contribution in [0.15, 0.2) is 66.9 Å². The number of hydrogen-bond acceptors (Lipinski definition) is 2. The van der Waals surface area contributed by atoms with Crippen LogP contribution in [0, 0.1) is 5.82 Å². The van der Waals surface area contributed by atoms with E-state index in [0.717, 1.165) is 22.4 Å². The lowest BCUT2D eigenvalue weighted by atomic mass is 9.68. The molecule has 1 unspecified atom stereocenters. The molecule has 0 bridgehead atoms. The van der Waals surface area contributed by atoms with E-state index < -0.39 is 11.4 Å². The van der Waals surface area contributed by atoms with Gasteiger partial charge in [-0.1, -0.05) is 54.6 Å². The lowest BCUT2D eigenvalue weighted by Gasteiger charge is -2.34. The molecule has 124 valence electrons. The van der Waals surface area contributed by atoms with E-state index in [1.807, 2.05) is 48.6 Å². The van der Waals surface area contributed by atoms with Gasteiger partial charge in [-0.05, 0) is 23.3 Å². The molecule has 0 fully saturated rings. The number of rotatable bonds is 2. The molecule has 0 saturated heterocycles. The Bertz CT molecular complexity index is 978. The van der Waals surface area contributed by atoms with Crippen molar-refractivity contribution in [2.75, 3.05) is 0 Å². The Balaban J connectivity index is 1.95. The molecule has 2 N–H and O–H groups in total. The van der Waals surface area contributed by atoms with Gasteiger partial charge in [-0.15, -0.1) is 0 Å². The summed E-state index contributed by atoms with van der Waals surface area (Å²) in [6.07, 6.45) is 6.06. The summed E-state index contributed by atoms with van der Waals surface area (Å²) < 4.78 is 15.2. The van der Waals surface area contributed by atoms with E-state index in [0.29, 0.717) is 6.42 Å². The summed E-state index contributed by atoms with van der Waals surface area (Å²) in [6.45, 7) is 0. The SMILES string of the molecule is NC(=O)n1ncc2c1CC(c1ccccc1)(c1cccc(F)c1)C=C2. The van der Waals surface area contributed by atoms with Crippen molar-refractivity contribution >= 4 is 12.1 Å². The first-order chi connectivity index (χ1) is 12.1. The van der Waals surface area contributed by atoms with Crippen LogP contribution in [-0.2, 0) is 11.8 Å². The number of nitrogens with zero attached hydrogens (tertiary/aromatic N) is 2. The molecular formula is C20H16FN3O. The highest BCUT2D eigenvalue weighted by molar-refractivity contribution is 5.77. The van der Waals surface area contributed by atoms with Gasteiger partial charge < -0.3 is 5.73 Å². The van der Waals surface area contributed by atoms with Crippen molar-refractivity contribution in [3.63, 3.8) is 0 Å². The molecular weight excluding hydrogens is 317 g/mol. The van der Waals surface area contributed by atoms with Gasteiger partial charge in [-0.25, -0.2) is 9.18 Å². The van der Waals surface area contributed by atoms with Crippen LogP contribution in [0.1, 0.15) is 22.4 Å². The Kier molecular flexibility index (Phi) is 3.50. The maximum atomic E-state index is 13.9. The Morgan fingerprint density at radius 3 is 2.60 bits per heavy atom. The van der Waals surface area contributed by atoms with E-state index in [-0.39, 0.29) is 5.82 Å². The normalized spacial score (nSPS) is 18.8. The lowest BCUT2D eigenvalue weighted by Crippen LogP contribution is -2.33. The number of halogens is 1. The average molecular weight is 333 g/mol. The molecule has 1 atom stereocenters. The summed E-state index contributed by atoms with van der Waals surface area (Å²) >= 11 is 0. The van der Waals surface area contributed by atoms with Crippen molar-refractivity contribution in [2.24, 2.45) is 5.73 Å². The number of allylic oxidation sites excluding steroid dienone is 1. The van der Waals surface area contributed by atoms with E-state index >= 15 is 0 Å². The maximum absolute atomic E-state index is 13.9. The van der Waals surface area contributed by atoms with Crippen molar-refractivity contribution in [2.45, 2.75) is 11.8 Å². The summed E-state index contributed by atoms with van der Waals surface area (Å²) in [7, 11) is 0. The average Bonchev–Trinajstić information content (AvgIpc) is 3.05. The van der Waals surface area contributed by atoms with Crippen LogP contribution in [0.3, 0.4) is 0 Å². The number of hydrogen-bond donors (Lipinski definition) is 1. The zero-order chi connectivity index (χ0) is 17.4. The number of aromatic nitrogens is 2. The number of benzene rings is 2. The molecule has 1 aromatic heterocycles. The fourth-order valence-electron chi connectivity index (χ4n) is 3.51. The Labute approximate surface area is 144 Å². The second-order valence-corrected chi connectivity index (χ2v) is 6.15. The van der Waals surface area contributed by atoms with E-state index in [9.17, 15) is 9.18 Å². The minimum Gasteiger partial charge on any atom is -0.350 e. The molecule has 1 aliphatic carbocycles. The molecule has 0 aliphatic heterocycles.